The third-order valence-electron chi connectivity index (χ3n) is 3.45. The van der Waals surface area contributed by atoms with Crippen molar-refractivity contribution in [1.82, 2.24) is 15.1 Å². The molecule has 1 aromatic carbocycles. The van der Waals surface area contributed by atoms with Crippen molar-refractivity contribution < 1.29 is 24.3 Å². The molecule has 0 bridgehead atoms. The van der Waals surface area contributed by atoms with Crippen LogP contribution in [0.2, 0.25) is 0 Å². The second-order valence-corrected chi connectivity index (χ2v) is 5.27. The van der Waals surface area contributed by atoms with E-state index in [-0.39, 0.29) is 13.0 Å². The highest BCUT2D eigenvalue weighted by molar-refractivity contribution is 6.04. The van der Waals surface area contributed by atoms with Crippen LogP contribution >= 0.6 is 0 Å². The standard InChI is InChI=1S/C15H17N3O5/c1-17-9-13(20)18(15(17)23)8-12(19)16-11(14(21)22)7-10-5-3-2-4-6-10/h2-6,11H,7-9H2,1H3,(H,16,19)(H,21,22)/t11-/m0/s1. The largest absolute Gasteiger partial charge is 0.480 e. The molecule has 1 heterocycles. The number of aliphatic carboxylic acids is 1. The Morgan fingerprint density at radius 1 is 1.26 bits per heavy atom. The highest BCUT2D eigenvalue weighted by Gasteiger charge is 2.35. The molecule has 1 atom stereocenters. The third kappa shape index (κ3) is 4.06. The van der Waals surface area contributed by atoms with Gasteiger partial charge in [-0.25, -0.2) is 9.59 Å². The first-order valence-corrected chi connectivity index (χ1v) is 7.00. The van der Waals surface area contributed by atoms with E-state index in [2.05, 4.69) is 5.32 Å². The Kier molecular flexibility index (Phi) is 4.95. The molecule has 4 amide bonds. The van der Waals surface area contributed by atoms with Crippen LogP contribution in [0, 0.1) is 0 Å². The molecule has 1 saturated heterocycles. The molecule has 0 saturated carbocycles. The first kappa shape index (κ1) is 16.5. The van der Waals surface area contributed by atoms with Gasteiger partial charge < -0.3 is 15.3 Å². The molecule has 2 rings (SSSR count). The molecule has 2 N–H and O–H groups in total. The van der Waals surface area contributed by atoms with Crippen molar-refractivity contribution in [3.8, 4) is 0 Å². The smallest absolute Gasteiger partial charge is 0.327 e. The number of hydrogen-bond donors (Lipinski definition) is 2. The molecule has 122 valence electrons. The van der Waals surface area contributed by atoms with Crippen LogP contribution in [0.5, 0.6) is 0 Å². The van der Waals surface area contributed by atoms with Gasteiger partial charge in [-0.1, -0.05) is 30.3 Å². The molecule has 0 unspecified atom stereocenters. The van der Waals surface area contributed by atoms with Crippen molar-refractivity contribution in [3.63, 3.8) is 0 Å². The number of rotatable bonds is 6. The van der Waals surface area contributed by atoms with Crippen LogP contribution < -0.4 is 5.32 Å². The first-order chi connectivity index (χ1) is 10.9. The van der Waals surface area contributed by atoms with Crippen molar-refractivity contribution in [1.29, 1.82) is 0 Å². The van der Waals surface area contributed by atoms with Gasteiger partial charge in [0.1, 0.15) is 19.1 Å². The minimum Gasteiger partial charge on any atom is -0.480 e. The number of carbonyl (C=O) groups excluding carboxylic acids is 3. The van der Waals surface area contributed by atoms with Crippen molar-refractivity contribution in [3.05, 3.63) is 35.9 Å². The molecule has 1 aromatic rings. The minimum absolute atomic E-state index is 0.0848. The molecular formula is C15H17N3O5. The molecule has 1 aliphatic heterocycles. The summed E-state index contributed by atoms with van der Waals surface area (Å²) in [6.45, 7) is -0.570. The van der Waals surface area contributed by atoms with E-state index in [0.29, 0.717) is 0 Å². The summed E-state index contributed by atoms with van der Waals surface area (Å²) in [5.74, 6) is -2.36. The van der Waals surface area contributed by atoms with E-state index in [0.717, 1.165) is 10.5 Å². The molecule has 1 fully saturated rings. The second-order valence-electron chi connectivity index (χ2n) is 5.27. The van der Waals surface area contributed by atoms with Gasteiger partial charge in [0.25, 0.3) is 5.91 Å². The molecule has 8 nitrogen and oxygen atoms in total. The zero-order valence-electron chi connectivity index (χ0n) is 12.6. The van der Waals surface area contributed by atoms with Gasteiger partial charge in [-0.2, -0.15) is 0 Å². The van der Waals surface area contributed by atoms with E-state index in [4.69, 9.17) is 0 Å². The van der Waals surface area contributed by atoms with Gasteiger partial charge >= 0.3 is 12.0 Å². The Morgan fingerprint density at radius 3 is 2.43 bits per heavy atom. The Balaban J connectivity index is 1.97. The summed E-state index contributed by atoms with van der Waals surface area (Å²) in [5, 5.41) is 11.6. The summed E-state index contributed by atoms with van der Waals surface area (Å²) in [5.41, 5.74) is 0.758. The Morgan fingerprint density at radius 2 is 1.91 bits per heavy atom. The second kappa shape index (κ2) is 6.91. The number of carbonyl (C=O) groups is 4. The van der Waals surface area contributed by atoms with Gasteiger partial charge in [0.05, 0.1) is 0 Å². The van der Waals surface area contributed by atoms with Crippen molar-refractivity contribution in [2.24, 2.45) is 0 Å². The highest BCUT2D eigenvalue weighted by atomic mass is 16.4. The zero-order valence-corrected chi connectivity index (χ0v) is 12.6. The van der Waals surface area contributed by atoms with Gasteiger partial charge in [-0.3, -0.25) is 14.5 Å². The highest BCUT2D eigenvalue weighted by Crippen LogP contribution is 2.08. The van der Waals surface area contributed by atoms with E-state index in [1.54, 1.807) is 30.3 Å². The predicted molar refractivity (Wildman–Crippen MR) is 79.5 cm³/mol. The Labute approximate surface area is 132 Å². The first-order valence-electron chi connectivity index (χ1n) is 7.00. The lowest BCUT2D eigenvalue weighted by molar-refractivity contribution is -0.142. The fourth-order valence-electron chi connectivity index (χ4n) is 2.26. The van der Waals surface area contributed by atoms with Crippen LogP contribution in [-0.2, 0) is 20.8 Å². The maximum Gasteiger partial charge on any atom is 0.327 e. The SMILES string of the molecule is CN1CC(=O)N(CC(=O)N[C@@H](Cc2ccccc2)C(=O)O)C1=O. The van der Waals surface area contributed by atoms with Crippen LogP contribution in [0.3, 0.4) is 0 Å². The van der Waals surface area contributed by atoms with Gasteiger partial charge in [0.2, 0.25) is 5.91 Å². The molecular weight excluding hydrogens is 302 g/mol. The average molecular weight is 319 g/mol. The van der Waals surface area contributed by atoms with Gasteiger partial charge in [0.15, 0.2) is 0 Å². The van der Waals surface area contributed by atoms with Crippen LogP contribution in [-0.4, -0.2) is 64.9 Å². The van der Waals surface area contributed by atoms with E-state index in [1.165, 1.54) is 11.9 Å². The van der Waals surface area contributed by atoms with E-state index in [9.17, 15) is 24.3 Å². The number of carboxylic acids is 1. The van der Waals surface area contributed by atoms with E-state index >= 15 is 0 Å². The molecule has 0 spiro atoms. The summed E-state index contributed by atoms with van der Waals surface area (Å²) in [4.78, 5) is 48.5. The third-order valence-corrected chi connectivity index (χ3v) is 3.45. The molecule has 0 radical (unpaired) electrons. The van der Waals surface area contributed by atoms with Gasteiger partial charge in [-0.05, 0) is 5.56 Å². The topological polar surface area (TPSA) is 107 Å². The number of imide groups is 1. The Bertz CT molecular complexity index is 631. The number of nitrogens with zero attached hydrogens (tertiary/aromatic N) is 2. The van der Waals surface area contributed by atoms with E-state index < -0.39 is 36.4 Å². The monoisotopic (exact) mass is 319 g/mol. The van der Waals surface area contributed by atoms with Crippen molar-refractivity contribution >= 4 is 23.8 Å². The van der Waals surface area contributed by atoms with Crippen molar-refractivity contribution in [2.75, 3.05) is 20.1 Å². The fraction of sp³-hybridized carbons (Fsp3) is 0.333. The summed E-state index contributed by atoms with van der Waals surface area (Å²) >= 11 is 0. The lowest BCUT2D eigenvalue weighted by Gasteiger charge is -2.17. The maximum absolute atomic E-state index is 12.0. The normalized spacial score (nSPS) is 15.7. The fourth-order valence-corrected chi connectivity index (χ4v) is 2.26. The quantitative estimate of drug-likeness (QED) is 0.700. The lowest BCUT2D eigenvalue weighted by Crippen LogP contribution is -2.48. The van der Waals surface area contributed by atoms with Crippen LogP contribution in [0.25, 0.3) is 0 Å². The zero-order chi connectivity index (χ0) is 17.0. The van der Waals surface area contributed by atoms with Crippen LogP contribution in [0.15, 0.2) is 30.3 Å². The number of likely N-dealkylation sites (N-methyl/N-ethyl adjacent to an activating group) is 1. The molecule has 0 aliphatic carbocycles. The molecule has 0 aromatic heterocycles. The van der Waals surface area contributed by atoms with Crippen LogP contribution in [0.1, 0.15) is 5.56 Å². The lowest BCUT2D eigenvalue weighted by atomic mass is 10.1. The van der Waals surface area contributed by atoms with Crippen LogP contribution in [0.4, 0.5) is 4.79 Å². The average Bonchev–Trinajstić information content (AvgIpc) is 2.74. The summed E-state index contributed by atoms with van der Waals surface area (Å²) in [6, 6.07) is 7.16. The molecule has 23 heavy (non-hydrogen) atoms. The minimum atomic E-state index is -1.18. The van der Waals surface area contributed by atoms with Gasteiger partial charge in [0, 0.05) is 13.5 Å². The van der Waals surface area contributed by atoms with Gasteiger partial charge in [-0.15, -0.1) is 0 Å². The molecule has 1 aliphatic rings. The van der Waals surface area contributed by atoms with E-state index in [1.807, 2.05) is 0 Å². The maximum atomic E-state index is 12.0. The Hall–Kier alpha value is -2.90. The number of amides is 4. The summed E-state index contributed by atoms with van der Waals surface area (Å²) in [6.07, 6.45) is 0.115. The number of urea groups is 1. The summed E-state index contributed by atoms with van der Waals surface area (Å²) < 4.78 is 0. The summed E-state index contributed by atoms with van der Waals surface area (Å²) in [7, 11) is 1.45. The number of benzene rings is 1. The number of carboxylic acid groups (broad SMARTS) is 1. The predicted octanol–water partition coefficient (Wildman–Crippen LogP) is -0.307. The number of nitrogens with one attached hydrogen (secondary N) is 1. The molecule has 8 heteroatoms. The number of hydrogen-bond acceptors (Lipinski definition) is 4. The van der Waals surface area contributed by atoms with Crippen molar-refractivity contribution in [2.45, 2.75) is 12.5 Å².